The fraction of sp³-hybridized carbons (Fsp3) is 0.500. The summed E-state index contributed by atoms with van der Waals surface area (Å²) in [6, 6.07) is 1.18. The van der Waals surface area contributed by atoms with E-state index in [1.165, 1.54) is 11.0 Å². The number of nitrogens with zero attached hydrogens (tertiary/aromatic N) is 2. The van der Waals surface area contributed by atoms with Crippen molar-refractivity contribution in [3.63, 3.8) is 0 Å². The normalized spacial score (nSPS) is 11.4. The van der Waals surface area contributed by atoms with Crippen molar-refractivity contribution in [2.75, 3.05) is 13.6 Å². The zero-order valence-corrected chi connectivity index (χ0v) is 10.4. The molecule has 1 aromatic rings. The predicted molar refractivity (Wildman–Crippen MR) is 60.6 cm³/mol. The SMILES string of the molecule is CN(CC(C)(C)C)C(=O)c1ccnc(F)c1F. The summed E-state index contributed by atoms with van der Waals surface area (Å²) in [6.45, 7) is 6.33. The van der Waals surface area contributed by atoms with Crippen LogP contribution in [0.25, 0.3) is 0 Å². The fourth-order valence-electron chi connectivity index (χ4n) is 1.57. The number of aromatic nitrogens is 1. The molecule has 0 fully saturated rings. The molecule has 3 nitrogen and oxygen atoms in total. The minimum Gasteiger partial charge on any atom is -0.341 e. The molecule has 0 aliphatic heterocycles. The average molecular weight is 242 g/mol. The second-order valence-corrected chi connectivity index (χ2v) is 5.19. The Morgan fingerprint density at radius 1 is 1.41 bits per heavy atom. The van der Waals surface area contributed by atoms with E-state index in [2.05, 4.69) is 4.98 Å². The Bertz CT molecular complexity index is 427. The van der Waals surface area contributed by atoms with Crippen LogP contribution in [0.3, 0.4) is 0 Å². The first-order valence-corrected chi connectivity index (χ1v) is 5.28. The van der Waals surface area contributed by atoms with E-state index in [4.69, 9.17) is 0 Å². The largest absolute Gasteiger partial charge is 0.341 e. The van der Waals surface area contributed by atoms with Crippen molar-refractivity contribution in [1.82, 2.24) is 9.88 Å². The van der Waals surface area contributed by atoms with Crippen LogP contribution in [-0.2, 0) is 0 Å². The Kier molecular flexibility index (Phi) is 3.80. The maximum absolute atomic E-state index is 13.4. The van der Waals surface area contributed by atoms with Gasteiger partial charge in [-0.2, -0.15) is 4.39 Å². The lowest BCUT2D eigenvalue weighted by molar-refractivity contribution is 0.0739. The zero-order chi connectivity index (χ0) is 13.2. The van der Waals surface area contributed by atoms with Crippen LogP contribution in [0, 0.1) is 17.2 Å². The lowest BCUT2D eigenvalue weighted by Crippen LogP contribution is -2.35. The van der Waals surface area contributed by atoms with Crippen LogP contribution in [0.15, 0.2) is 12.3 Å². The van der Waals surface area contributed by atoms with Crippen LogP contribution in [0.4, 0.5) is 8.78 Å². The van der Waals surface area contributed by atoms with Crippen LogP contribution in [0.2, 0.25) is 0 Å². The van der Waals surface area contributed by atoms with Crippen molar-refractivity contribution in [2.45, 2.75) is 20.8 Å². The van der Waals surface area contributed by atoms with Gasteiger partial charge in [0, 0.05) is 19.8 Å². The molecule has 1 heterocycles. The van der Waals surface area contributed by atoms with Gasteiger partial charge in [-0.15, -0.1) is 0 Å². The highest BCUT2D eigenvalue weighted by atomic mass is 19.2. The van der Waals surface area contributed by atoms with Crippen LogP contribution in [0.1, 0.15) is 31.1 Å². The van der Waals surface area contributed by atoms with Gasteiger partial charge in [-0.1, -0.05) is 20.8 Å². The number of halogens is 2. The standard InChI is InChI=1S/C12H16F2N2O/c1-12(2,3)7-16(4)11(17)8-5-6-15-10(14)9(8)13/h5-6H,7H2,1-4H3. The molecule has 0 radical (unpaired) electrons. The molecule has 17 heavy (non-hydrogen) atoms. The molecule has 1 aromatic heterocycles. The molecule has 0 N–H and O–H groups in total. The highest BCUT2D eigenvalue weighted by Gasteiger charge is 2.22. The lowest BCUT2D eigenvalue weighted by Gasteiger charge is -2.26. The third kappa shape index (κ3) is 3.47. The van der Waals surface area contributed by atoms with Gasteiger partial charge in [0.2, 0.25) is 5.95 Å². The summed E-state index contributed by atoms with van der Waals surface area (Å²) in [4.78, 5) is 16.4. The van der Waals surface area contributed by atoms with Crippen molar-refractivity contribution in [3.8, 4) is 0 Å². The number of hydrogen-bond acceptors (Lipinski definition) is 2. The molecule has 0 aromatic carbocycles. The molecule has 0 bridgehead atoms. The maximum Gasteiger partial charge on any atom is 0.256 e. The van der Waals surface area contributed by atoms with E-state index < -0.39 is 17.7 Å². The van der Waals surface area contributed by atoms with Gasteiger partial charge < -0.3 is 4.90 Å². The monoisotopic (exact) mass is 242 g/mol. The van der Waals surface area contributed by atoms with Crippen molar-refractivity contribution < 1.29 is 13.6 Å². The smallest absolute Gasteiger partial charge is 0.256 e. The van der Waals surface area contributed by atoms with E-state index in [1.807, 2.05) is 20.8 Å². The van der Waals surface area contributed by atoms with Gasteiger partial charge in [0.15, 0.2) is 5.82 Å². The summed E-state index contributed by atoms with van der Waals surface area (Å²) in [6.07, 6.45) is 1.08. The van der Waals surface area contributed by atoms with Crippen molar-refractivity contribution in [3.05, 3.63) is 29.6 Å². The molecule has 94 valence electrons. The topological polar surface area (TPSA) is 33.2 Å². The molecule has 0 saturated heterocycles. The number of carbonyl (C=O) groups is 1. The van der Waals surface area contributed by atoms with Gasteiger partial charge in [-0.05, 0) is 11.5 Å². The third-order valence-electron chi connectivity index (χ3n) is 2.14. The first-order chi connectivity index (χ1) is 7.72. The van der Waals surface area contributed by atoms with Crippen LogP contribution >= 0.6 is 0 Å². The van der Waals surface area contributed by atoms with E-state index in [-0.39, 0.29) is 11.0 Å². The number of amides is 1. The summed E-state index contributed by atoms with van der Waals surface area (Å²) in [5.41, 5.74) is -0.392. The van der Waals surface area contributed by atoms with E-state index in [1.54, 1.807) is 7.05 Å². The minimum atomic E-state index is -1.25. The Balaban J connectivity index is 2.93. The predicted octanol–water partition coefficient (Wildman–Crippen LogP) is 2.48. The quantitative estimate of drug-likeness (QED) is 0.746. The second-order valence-electron chi connectivity index (χ2n) is 5.19. The van der Waals surface area contributed by atoms with Crippen molar-refractivity contribution in [1.29, 1.82) is 0 Å². The molecule has 0 aliphatic carbocycles. The average Bonchev–Trinajstić information content (AvgIpc) is 2.18. The molecule has 0 unspecified atom stereocenters. The molecule has 0 saturated carbocycles. The molecule has 0 spiro atoms. The molecule has 1 rings (SSSR count). The van der Waals surface area contributed by atoms with E-state index in [0.717, 1.165) is 6.20 Å². The van der Waals surface area contributed by atoms with E-state index >= 15 is 0 Å². The van der Waals surface area contributed by atoms with Gasteiger partial charge >= 0.3 is 0 Å². The summed E-state index contributed by atoms with van der Waals surface area (Å²) in [7, 11) is 1.56. The van der Waals surface area contributed by atoms with Gasteiger partial charge in [-0.3, -0.25) is 4.79 Å². The van der Waals surface area contributed by atoms with Crippen LogP contribution < -0.4 is 0 Å². The summed E-state index contributed by atoms with van der Waals surface area (Å²) in [5.74, 6) is -2.99. The summed E-state index contributed by atoms with van der Waals surface area (Å²) in [5, 5.41) is 0. The summed E-state index contributed by atoms with van der Waals surface area (Å²) >= 11 is 0. The van der Waals surface area contributed by atoms with Crippen LogP contribution in [-0.4, -0.2) is 29.4 Å². The minimum absolute atomic E-state index is 0.105. The Morgan fingerprint density at radius 3 is 2.53 bits per heavy atom. The van der Waals surface area contributed by atoms with E-state index in [9.17, 15) is 13.6 Å². The fourth-order valence-corrected chi connectivity index (χ4v) is 1.57. The first kappa shape index (κ1) is 13.5. The summed E-state index contributed by atoms with van der Waals surface area (Å²) < 4.78 is 26.2. The number of carbonyl (C=O) groups excluding carboxylic acids is 1. The highest BCUT2D eigenvalue weighted by Crippen LogP contribution is 2.17. The first-order valence-electron chi connectivity index (χ1n) is 5.28. The van der Waals surface area contributed by atoms with Crippen molar-refractivity contribution in [2.24, 2.45) is 5.41 Å². The van der Waals surface area contributed by atoms with Gasteiger partial charge in [0.25, 0.3) is 5.91 Å². The molecule has 0 atom stereocenters. The van der Waals surface area contributed by atoms with Gasteiger partial charge in [0.1, 0.15) is 0 Å². The zero-order valence-electron chi connectivity index (χ0n) is 10.4. The maximum atomic E-state index is 13.4. The molecule has 5 heteroatoms. The molecule has 0 aliphatic rings. The van der Waals surface area contributed by atoms with Gasteiger partial charge in [-0.25, -0.2) is 9.37 Å². The lowest BCUT2D eigenvalue weighted by atomic mass is 9.96. The third-order valence-corrected chi connectivity index (χ3v) is 2.14. The molecular formula is C12H16F2N2O. The number of hydrogen-bond donors (Lipinski definition) is 0. The van der Waals surface area contributed by atoms with Crippen molar-refractivity contribution >= 4 is 5.91 Å². The molecule has 1 amide bonds. The Morgan fingerprint density at radius 2 is 2.00 bits per heavy atom. The molecular weight excluding hydrogens is 226 g/mol. The number of pyridine rings is 1. The Labute approximate surface area is 99.5 Å². The van der Waals surface area contributed by atoms with E-state index in [0.29, 0.717) is 6.54 Å². The highest BCUT2D eigenvalue weighted by molar-refractivity contribution is 5.94. The number of rotatable bonds is 2. The van der Waals surface area contributed by atoms with Crippen LogP contribution in [0.5, 0.6) is 0 Å². The van der Waals surface area contributed by atoms with Gasteiger partial charge in [0.05, 0.1) is 5.56 Å². The second kappa shape index (κ2) is 4.77. The Hall–Kier alpha value is -1.52.